The molecule has 4 nitrogen and oxygen atoms in total. The molecule has 0 fully saturated rings. The van der Waals surface area contributed by atoms with Crippen molar-refractivity contribution in [1.29, 1.82) is 0 Å². The molecule has 1 amide bonds. The van der Waals surface area contributed by atoms with Crippen LogP contribution in [0.3, 0.4) is 0 Å². The van der Waals surface area contributed by atoms with E-state index in [1.807, 2.05) is 30.3 Å². The molecule has 1 N–H and O–H groups in total. The molecule has 0 aromatic heterocycles. The summed E-state index contributed by atoms with van der Waals surface area (Å²) in [7, 11) is 0. The average Bonchev–Trinajstić information content (AvgIpc) is 2.51. The summed E-state index contributed by atoms with van der Waals surface area (Å²) in [5.74, 6) is 0.763. The Labute approximate surface area is 152 Å². The molecule has 1 aromatic carbocycles. The largest absolute Gasteiger partial charge is 0.326 e. The van der Waals surface area contributed by atoms with Gasteiger partial charge in [-0.15, -0.1) is 0 Å². The molecule has 0 radical (unpaired) electrons. The maximum atomic E-state index is 11.9. The van der Waals surface area contributed by atoms with Crippen molar-refractivity contribution in [3.63, 3.8) is 0 Å². The highest BCUT2D eigenvalue weighted by molar-refractivity contribution is 8.14. The van der Waals surface area contributed by atoms with Crippen LogP contribution in [-0.2, 0) is 14.4 Å². The van der Waals surface area contributed by atoms with E-state index in [0.717, 1.165) is 37.1 Å². The van der Waals surface area contributed by atoms with E-state index in [0.29, 0.717) is 6.42 Å². The fourth-order valence-electron chi connectivity index (χ4n) is 2.23. The third-order valence-electron chi connectivity index (χ3n) is 3.32. The zero-order chi connectivity index (χ0) is 17.8. The van der Waals surface area contributed by atoms with Crippen LogP contribution in [0.4, 0.5) is 5.69 Å². The first-order valence-corrected chi connectivity index (χ1v) is 9.99. The van der Waals surface area contributed by atoms with Gasteiger partial charge in [0.15, 0.2) is 10.2 Å². The quantitative estimate of drug-likeness (QED) is 0.617. The van der Waals surface area contributed by atoms with Gasteiger partial charge < -0.3 is 5.32 Å². The van der Waals surface area contributed by atoms with Gasteiger partial charge in [-0.05, 0) is 31.4 Å². The molecule has 0 aliphatic heterocycles. The lowest BCUT2D eigenvalue weighted by molar-refractivity contribution is -0.116. The van der Waals surface area contributed by atoms with Crippen LogP contribution in [0.25, 0.3) is 0 Å². The lowest BCUT2D eigenvalue weighted by Gasteiger charge is -2.14. The monoisotopic (exact) mass is 367 g/mol. The Balaban J connectivity index is 2.24. The van der Waals surface area contributed by atoms with E-state index in [9.17, 15) is 14.4 Å². The third-order valence-corrected chi connectivity index (χ3v) is 5.30. The maximum Gasteiger partial charge on any atom is 0.224 e. The number of unbranched alkanes of at least 4 members (excludes halogenated alkanes) is 1. The maximum absolute atomic E-state index is 11.9. The molecule has 132 valence electrons. The molecule has 24 heavy (non-hydrogen) atoms. The van der Waals surface area contributed by atoms with Crippen LogP contribution in [0, 0.1) is 0 Å². The Hall–Kier alpha value is -1.27. The number of nitrogens with one attached hydrogen (secondary N) is 1. The second-order valence-corrected chi connectivity index (χ2v) is 8.27. The highest BCUT2D eigenvalue weighted by Gasteiger charge is 2.13. The van der Waals surface area contributed by atoms with Crippen LogP contribution >= 0.6 is 23.5 Å². The van der Waals surface area contributed by atoms with Crippen LogP contribution in [0.5, 0.6) is 0 Å². The Morgan fingerprint density at radius 3 is 2.33 bits per heavy atom. The second kappa shape index (κ2) is 12.1. The first-order chi connectivity index (χ1) is 11.5. The van der Waals surface area contributed by atoms with Crippen molar-refractivity contribution in [1.82, 2.24) is 0 Å². The van der Waals surface area contributed by atoms with E-state index in [1.165, 1.54) is 23.5 Å². The number of amides is 1. The van der Waals surface area contributed by atoms with E-state index in [2.05, 4.69) is 5.32 Å². The van der Waals surface area contributed by atoms with Gasteiger partial charge in [0.2, 0.25) is 5.91 Å². The van der Waals surface area contributed by atoms with Crippen molar-refractivity contribution in [3.05, 3.63) is 30.3 Å². The SMILES string of the molecule is CC(=O)SCCC(CCCCC(=O)Nc1ccccc1)SC(C)=O. The summed E-state index contributed by atoms with van der Waals surface area (Å²) in [4.78, 5) is 34.2. The molecule has 1 rings (SSSR count). The van der Waals surface area contributed by atoms with Crippen LogP contribution in [-0.4, -0.2) is 27.1 Å². The Morgan fingerprint density at radius 2 is 1.71 bits per heavy atom. The van der Waals surface area contributed by atoms with Gasteiger partial charge in [-0.1, -0.05) is 48.1 Å². The predicted octanol–water partition coefficient (Wildman–Crippen LogP) is 4.50. The minimum absolute atomic E-state index is 0.0177. The van der Waals surface area contributed by atoms with E-state index in [1.54, 1.807) is 13.8 Å². The number of rotatable bonds is 10. The minimum atomic E-state index is 0.0177. The predicted molar refractivity (Wildman–Crippen MR) is 103 cm³/mol. The Morgan fingerprint density at radius 1 is 1.00 bits per heavy atom. The standard InChI is InChI=1S/C18H25NO3S2/c1-14(20)23-13-12-17(24-15(2)21)10-6-7-11-18(22)19-16-8-4-3-5-9-16/h3-5,8-9,17H,6-7,10-13H2,1-2H3,(H,19,22). The smallest absolute Gasteiger partial charge is 0.224 e. The van der Waals surface area contributed by atoms with E-state index in [-0.39, 0.29) is 21.4 Å². The average molecular weight is 368 g/mol. The van der Waals surface area contributed by atoms with Crippen molar-refractivity contribution >= 4 is 45.3 Å². The fraction of sp³-hybridized carbons (Fsp3) is 0.500. The molecule has 0 aliphatic carbocycles. The van der Waals surface area contributed by atoms with Crippen molar-refractivity contribution in [2.75, 3.05) is 11.1 Å². The first-order valence-electron chi connectivity index (χ1n) is 8.13. The first kappa shape index (κ1) is 20.8. The molecule has 0 saturated carbocycles. The van der Waals surface area contributed by atoms with Gasteiger partial charge in [0.1, 0.15) is 0 Å². The number of carbonyl (C=O) groups excluding carboxylic acids is 3. The number of benzene rings is 1. The number of hydrogen-bond acceptors (Lipinski definition) is 5. The van der Waals surface area contributed by atoms with E-state index < -0.39 is 0 Å². The number of hydrogen-bond donors (Lipinski definition) is 1. The van der Waals surface area contributed by atoms with Gasteiger partial charge >= 0.3 is 0 Å². The summed E-state index contributed by atoms with van der Waals surface area (Å²) in [6.07, 6.45) is 3.91. The molecule has 0 spiro atoms. The highest BCUT2D eigenvalue weighted by atomic mass is 32.2. The molecule has 0 saturated heterocycles. The number of thioether (sulfide) groups is 2. The normalized spacial score (nSPS) is 11.8. The highest BCUT2D eigenvalue weighted by Crippen LogP contribution is 2.24. The summed E-state index contributed by atoms with van der Waals surface area (Å²) >= 11 is 2.65. The second-order valence-electron chi connectivity index (χ2n) is 5.52. The van der Waals surface area contributed by atoms with Crippen molar-refractivity contribution in [3.8, 4) is 0 Å². The van der Waals surface area contributed by atoms with Gasteiger partial charge in [-0.2, -0.15) is 0 Å². The van der Waals surface area contributed by atoms with Crippen molar-refractivity contribution < 1.29 is 14.4 Å². The molecule has 1 aromatic rings. The van der Waals surface area contributed by atoms with Gasteiger partial charge in [0.25, 0.3) is 0 Å². The lowest BCUT2D eigenvalue weighted by atomic mass is 10.1. The number of anilines is 1. The van der Waals surface area contributed by atoms with Gasteiger partial charge in [-0.3, -0.25) is 14.4 Å². The molecule has 6 heteroatoms. The third kappa shape index (κ3) is 10.5. The Bertz CT molecular complexity index is 534. The summed E-state index contributed by atoms with van der Waals surface area (Å²) in [6.45, 7) is 3.13. The summed E-state index contributed by atoms with van der Waals surface area (Å²) in [5.41, 5.74) is 0.814. The van der Waals surface area contributed by atoms with Crippen molar-refractivity contribution in [2.24, 2.45) is 0 Å². The summed E-state index contributed by atoms with van der Waals surface area (Å²) < 4.78 is 0. The molecule has 1 atom stereocenters. The molecule has 1 unspecified atom stereocenters. The zero-order valence-corrected chi connectivity index (χ0v) is 15.9. The van der Waals surface area contributed by atoms with Crippen LogP contribution < -0.4 is 5.32 Å². The zero-order valence-electron chi connectivity index (χ0n) is 14.2. The topological polar surface area (TPSA) is 63.2 Å². The molecular formula is C18H25NO3S2. The molecule has 0 bridgehead atoms. The van der Waals surface area contributed by atoms with Crippen LogP contribution in [0.1, 0.15) is 46.0 Å². The number of para-hydroxylation sites is 1. The molecular weight excluding hydrogens is 342 g/mol. The lowest BCUT2D eigenvalue weighted by Crippen LogP contribution is -2.12. The summed E-state index contributed by atoms with van der Waals surface area (Å²) in [5, 5.41) is 3.31. The van der Waals surface area contributed by atoms with E-state index >= 15 is 0 Å². The number of carbonyl (C=O) groups is 3. The van der Waals surface area contributed by atoms with Gasteiger partial charge in [0, 0.05) is 37.0 Å². The summed E-state index contributed by atoms with van der Waals surface area (Å²) in [6, 6.07) is 9.41. The van der Waals surface area contributed by atoms with Crippen LogP contribution in [0.2, 0.25) is 0 Å². The minimum Gasteiger partial charge on any atom is -0.326 e. The molecule has 0 aliphatic rings. The van der Waals surface area contributed by atoms with Gasteiger partial charge in [-0.25, -0.2) is 0 Å². The van der Waals surface area contributed by atoms with E-state index in [4.69, 9.17) is 0 Å². The fourth-order valence-corrected chi connectivity index (χ4v) is 4.06. The van der Waals surface area contributed by atoms with Crippen molar-refractivity contribution in [2.45, 2.75) is 51.2 Å². The van der Waals surface area contributed by atoms with Crippen LogP contribution in [0.15, 0.2) is 30.3 Å². The molecule has 0 heterocycles. The Kier molecular flexibility index (Phi) is 10.5. The van der Waals surface area contributed by atoms with Gasteiger partial charge in [0.05, 0.1) is 0 Å².